The quantitative estimate of drug-likeness (QED) is 0.690. The summed E-state index contributed by atoms with van der Waals surface area (Å²) in [5.41, 5.74) is 8.64. The highest BCUT2D eigenvalue weighted by molar-refractivity contribution is 7.90. The van der Waals surface area contributed by atoms with E-state index >= 15 is 0 Å². The summed E-state index contributed by atoms with van der Waals surface area (Å²) in [7, 11) is -3.54. The summed E-state index contributed by atoms with van der Waals surface area (Å²) in [5, 5.41) is 0. The Hall–Kier alpha value is -2.97. The number of morpholine rings is 1. The van der Waals surface area contributed by atoms with Gasteiger partial charge in [0.1, 0.15) is 0 Å². The lowest BCUT2D eigenvalue weighted by Crippen LogP contribution is -2.36. The molecule has 1 aromatic heterocycles. The lowest BCUT2D eigenvalue weighted by molar-refractivity contribution is 0.122. The van der Waals surface area contributed by atoms with Crippen molar-refractivity contribution in [3.63, 3.8) is 0 Å². The minimum atomic E-state index is -3.54. The van der Waals surface area contributed by atoms with Gasteiger partial charge in [-0.3, -0.25) is 0 Å². The van der Waals surface area contributed by atoms with Crippen molar-refractivity contribution in [2.75, 3.05) is 36.9 Å². The molecule has 0 saturated carbocycles. The van der Waals surface area contributed by atoms with Crippen molar-refractivity contribution < 1.29 is 13.2 Å². The fourth-order valence-corrected chi connectivity index (χ4v) is 4.70. The highest BCUT2D eigenvalue weighted by Crippen LogP contribution is 2.30. The lowest BCUT2D eigenvalue weighted by atomic mass is 10.1. The highest BCUT2D eigenvalue weighted by atomic mass is 32.2. The molecule has 2 N–H and O–H groups in total. The van der Waals surface area contributed by atoms with Crippen molar-refractivity contribution in [1.29, 1.82) is 0 Å². The van der Waals surface area contributed by atoms with Gasteiger partial charge in [0.2, 0.25) is 5.95 Å². The van der Waals surface area contributed by atoms with Crippen LogP contribution in [0.4, 0.5) is 11.6 Å². The molecule has 1 aliphatic rings. The first-order valence-electron chi connectivity index (χ1n) is 9.34. The number of hydrogen-bond donors (Lipinski definition) is 1. The normalized spacial score (nSPS) is 14.7. The topological polar surface area (TPSA) is 98.4 Å². The molecule has 8 heteroatoms. The molecule has 4 rings (SSSR count). The second kappa shape index (κ2) is 8.18. The number of nitrogen functional groups attached to an aromatic ring is 1. The summed E-state index contributed by atoms with van der Waals surface area (Å²) in [5.74, 6) is 0.118. The number of nitrogens with zero attached hydrogens (tertiary/aromatic N) is 3. The smallest absolute Gasteiger partial charge is 0.219 e. The van der Waals surface area contributed by atoms with Crippen LogP contribution in [0.3, 0.4) is 0 Å². The van der Waals surface area contributed by atoms with Crippen molar-refractivity contribution in [3.8, 4) is 11.1 Å². The molecule has 2 heterocycles. The SMILES string of the molecule is Nc1ncc(-c2cc(N3CCOCC3)cc(S(=O)(=O)Cc3ccccc3)c2)cn1. The van der Waals surface area contributed by atoms with E-state index in [2.05, 4.69) is 14.9 Å². The molecule has 0 amide bonds. The average molecular weight is 410 g/mol. The second-order valence-electron chi connectivity index (χ2n) is 6.89. The maximum Gasteiger partial charge on any atom is 0.219 e. The van der Waals surface area contributed by atoms with Gasteiger partial charge >= 0.3 is 0 Å². The molecule has 1 fully saturated rings. The van der Waals surface area contributed by atoms with Gasteiger partial charge in [0, 0.05) is 36.7 Å². The highest BCUT2D eigenvalue weighted by Gasteiger charge is 2.20. The largest absolute Gasteiger partial charge is 0.378 e. The van der Waals surface area contributed by atoms with Gasteiger partial charge in [-0.05, 0) is 29.3 Å². The Balaban J connectivity index is 1.77. The van der Waals surface area contributed by atoms with Gasteiger partial charge in [-0.1, -0.05) is 30.3 Å². The van der Waals surface area contributed by atoms with Gasteiger partial charge in [-0.25, -0.2) is 18.4 Å². The van der Waals surface area contributed by atoms with Crippen molar-refractivity contribution in [1.82, 2.24) is 9.97 Å². The minimum Gasteiger partial charge on any atom is -0.378 e. The van der Waals surface area contributed by atoms with E-state index in [9.17, 15) is 8.42 Å². The molecule has 1 saturated heterocycles. The first kappa shape index (κ1) is 19.4. The van der Waals surface area contributed by atoms with E-state index in [1.54, 1.807) is 24.5 Å². The number of hydrogen-bond acceptors (Lipinski definition) is 7. The van der Waals surface area contributed by atoms with Crippen molar-refractivity contribution >= 4 is 21.5 Å². The summed E-state index contributed by atoms with van der Waals surface area (Å²) in [6.07, 6.45) is 3.21. The summed E-state index contributed by atoms with van der Waals surface area (Å²) in [4.78, 5) is 10.5. The van der Waals surface area contributed by atoms with Crippen LogP contribution >= 0.6 is 0 Å². The van der Waals surface area contributed by atoms with Gasteiger partial charge in [0.25, 0.3) is 0 Å². The van der Waals surface area contributed by atoms with Gasteiger partial charge in [-0.2, -0.15) is 0 Å². The molecule has 2 aromatic carbocycles. The molecule has 1 aliphatic heterocycles. The van der Waals surface area contributed by atoms with E-state index in [1.165, 1.54) is 0 Å². The van der Waals surface area contributed by atoms with Crippen LogP contribution < -0.4 is 10.6 Å². The van der Waals surface area contributed by atoms with E-state index in [0.717, 1.165) is 16.8 Å². The van der Waals surface area contributed by atoms with E-state index in [4.69, 9.17) is 10.5 Å². The van der Waals surface area contributed by atoms with Crippen molar-refractivity contribution in [2.24, 2.45) is 0 Å². The standard InChI is InChI=1S/C21H22N4O3S/c22-21-23-13-18(14-24-21)17-10-19(25-6-8-28-9-7-25)12-20(11-17)29(26,27)15-16-4-2-1-3-5-16/h1-5,10-14H,6-9,15H2,(H2,22,23,24). The summed E-state index contributed by atoms with van der Waals surface area (Å²) >= 11 is 0. The van der Waals surface area contributed by atoms with Crippen LogP contribution in [0.1, 0.15) is 5.56 Å². The third-order valence-electron chi connectivity index (χ3n) is 4.83. The van der Waals surface area contributed by atoms with Gasteiger partial charge in [0.05, 0.1) is 23.9 Å². The second-order valence-corrected chi connectivity index (χ2v) is 8.88. The molecule has 7 nitrogen and oxygen atoms in total. The summed E-state index contributed by atoms with van der Waals surface area (Å²) in [6, 6.07) is 14.6. The third-order valence-corrected chi connectivity index (χ3v) is 6.50. The molecule has 29 heavy (non-hydrogen) atoms. The number of rotatable bonds is 5. The van der Waals surface area contributed by atoms with E-state index in [0.29, 0.717) is 31.9 Å². The van der Waals surface area contributed by atoms with Crippen molar-refractivity contribution in [2.45, 2.75) is 10.6 Å². The molecule has 150 valence electrons. The van der Waals surface area contributed by atoms with Crippen LogP contribution in [-0.4, -0.2) is 44.7 Å². The van der Waals surface area contributed by atoms with Gasteiger partial charge in [0.15, 0.2) is 9.84 Å². The average Bonchev–Trinajstić information content (AvgIpc) is 2.75. The van der Waals surface area contributed by atoms with Gasteiger partial charge in [-0.15, -0.1) is 0 Å². The molecule has 3 aromatic rings. The zero-order chi connectivity index (χ0) is 20.3. The monoisotopic (exact) mass is 410 g/mol. The molecule has 0 aliphatic carbocycles. The molecule has 0 spiro atoms. The zero-order valence-electron chi connectivity index (χ0n) is 15.9. The Morgan fingerprint density at radius 3 is 2.34 bits per heavy atom. The molecular weight excluding hydrogens is 388 g/mol. The Bertz CT molecular complexity index is 1080. The Morgan fingerprint density at radius 2 is 1.66 bits per heavy atom. The van der Waals surface area contributed by atoms with Crippen molar-refractivity contribution in [3.05, 3.63) is 66.5 Å². The number of aromatic nitrogens is 2. The predicted molar refractivity (Wildman–Crippen MR) is 112 cm³/mol. The number of nitrogens with two attached hydrogens (primary N) is 1. The molecule has 0 radical (unpaired) electrons. The Morgan fingerprint density at radius 1 is 0.966 bits per heavy atom. The van der Waals surface area contributed by atoms with E-state index < -0.39 is 9.84 Å². The Labute approximate surface area is 170 Å². The molecule has 0 bridgehead atoms. The maximum absolute atomic E-state index is 13.2. The Kier molecular flexibility index (Phi) is 5.46. The fraction of sp³-hybridized carbons (Fsp3) is 0.238. The first-order valence-corrected chi connectivity index (χ1v) is 11.0. The molecular formula is C21H22N4O3S. The van der Waals surface area contributed by atoms with E-state index in [1.807, 2.05) is 36.4 Å². The number of sulfone groups is 1. The van der Waals surface area contributed by atoms with Crippen LogP contribution in [0, 0.1) is 0 Å². The van der Waals surface area contributed by atoms with E-state index in [-0.39, 0.29) is 16.6 Å². The maximum atomic E-state index is 13.2. The van der Waals surface area contributed by atoms with Crippen LogP contribution in [0.2, 0.25) is 0 Å². The summed E-state index contributed by atoms with van der Waals surface area (Å²) in [6.45, 7) is 2.64. The first-order chi connectivity index (χ1) is 14.0. The van der Waals surface area contributed by atoms with Gasteiger partial charge < -0.3 is 15.4 Å². The molecule has 0 atom stereocenters. The number of ether oxygens (including phenoxy) is 1. The number of benzene rings is 2. The number of anilines is 2. The van der Waals surface area contributed by atoms with Crippen LogP contribution in [0.25, 0.3) is 11.1 Å². The van der Waals surface area contributed by atoms with Crippen LogP contribution in [-0.2, 0) is 20.3 Å². The van der Waals surface area contributed by atoms with Crippen LogP contribution in [0.5, 0.6) is 0 Å². The minimum absolute atomic E-state index is 0.0575. The van der Waals surface area contributed by atoms with Crippen LogP contribution in [0.15, 0.2) is 65.8 Å². The third kappa shape index (κ3) is 4.55. The fourth-order valence-electron chi connectivity index (χ4n) is 3.30. The predicted octanol–water partition coefficient (Wildman–Crippen LogP) is 2.54. The molecule has 0 unspecified atom stereocenters. The zero-order valence-corrected chi connectivity index (χ0v) is 16.7. The summed E-state index contributed by atoms with van der Waals surface area (Å²) < 4.78 is 31.8. The lowest BCUT2D eigenvalue weighted by Gasteiger charge is -2.29.